The zero-order valence-electron chi connectivity index (χ0n) is 9.08. The maximum atomic E-state index is 11.7. The third-order valence-corrected chi connectivity index (χ3v) is 2.15. The molecule has 0 aliphatic carbocycles. The fraction of sp³-hybridized carbons (Fsp3) is 0.200. The van der Waals surface area contributed by atoms with Gasteiger partial charge in [-0.3, -0.25) is 9.48 Å². The molecule has 2 rings (SSSR count). The molecule has 2 heterocycles. The van der Waals surface area contributed by atoms with E-state index >= 15 is 0 Å². The Labute approximate surface area is 97.6 Å². The van der Waals surface area contributed by atoms with Gasteiger partial charge in [0, 0.05) is 18.9 Å². The molecule has 0 saturated heterocycles. The SMILES string of the molecule is Nc1cccnc1C(=O)NCCn1ccnn1. The molecule has 0 unspecified atom stereocenters. The Morgan fingerprint density at radius 2 is 2.35 bits per heavy atom. The van der Waals surface area contributed by atoms with Crippen molar-refractivity contribution < 1.29 is 4.79 Å². The molecule has 0 aliphatic heterocycles. The van der Waals surface area contributed by atoms with Crippen molar-refractivity contribution in [2.45, 2.75) is 6.54 Å². The number of pyridine rings is 1. The van der Waals surface area contributed by atoms with Gasteiger partial charge in [0.2, 0.25) is 0 Å². The highest BCUT2D eigenvalue weighted by atomic mass is 16.1. The van der Waals surface area contributed by atoms with E-state index in [2.05, 4.69) is 20.6 Å². The van der Waals surface area contributed by atoms with E-state index in [0.29, 0.717) is 18.8 Å². The number of hydrogen-bond acceptors (Lipinski definition) is 5. The number of carbonyl (C=O) groups excluding carboxylic acids is 1. The standard InChI is InChI=1S/C10H12N6O/c11-8-2-1-3-12-9(8)10(17)13-4-6-16-7-5-14-15-16/h1-3,5,7H,4,6,11H2,(H,13,17). The number of hydrogen-bond donors (Lipinski definition) is 2. The lowest BCUT2D eigenvalue weighted by Crippen LogP contribution is -2.28. The van der Waals surface area contributed by atoms with E-state index in [1.807, 2.05) is 0 Å². The van der Waals surface area contributed by atoms with Gasteiger partial charge in [0.05, 0.1) is 18.4 Å². The first-order chi connectivity index (χ1) is 8.27. The lowest BCUT2D eigenvalue weighted by Gasteiger charge is -2.05. The van der Waals surface area contributed by atoms with Crippen LogP contribution in [-0.4, -0.2) is 32.4 Å². The van der Waals surface area contributed by atoms with Crippen molar-refractivity contribution in [3.8, 4) is 0 Å². The van der Waals surface area contributed by atoms with E-state index in [1.54, 1.807) is 29.2 Å². The number of nitrogens with one attached hydrogen (secondary N) is 1. The molecule has 0 bridgehead atoms. The summed E-state index contributed by atoms with van der Waals surface area (Å²) in [7, 11) is 0. The summed E-state index contributed by atoms with van der Waals surface area (Å²) < 4.78 is 1.63. The largest absolute Gasteiger partial charge is 0.397 e. The molecule has 7 heteroatoms. The van der Waals surface area contributed by atoms with Crippen molar-refractivity contribution in [3.63, 3.8) is 0 Å². The lowest BCUT2D eigenvalue weighted by atomic mass is 10.3. The number of carbonyl (C=O) groups is 1. The fourth-order valence-electron chi connectivity index (χ4n) is 1.33. The molecule has 2 aromatic rings. The van der Waals surface area contributed by atoms with Crippen LogP contribution in [-0.2, 0) is 6.54 Å². The van der Waals surface area contributed by atoms with Gasteiger partial charge < -0.3 is 11.1 Å². The van der Waals surface area contributed by atoms with Crippen LogP contribution in [0.3, 0.4) is 0 Å². The Hall–Kier alpha value is -2.44. The third-order valence-electron chi connectivity index (χ3n) is 2.15. The van der Waals surface area contributed by atoms with E-state index in [1.165, 1.54) is 6.20 Å². The van der Waals surface area contributed by atoms with E-state index in [0.717, 1.165) is 0 Å². The van der Waals surface area contributed by atoms with Gasteiger partial charge in [-0.1, -0.05) is 5.21 Å². The zero-order chi connectivity index (χ0) is 12.1. The second kappa shape index (κ2) is 5.06. The quantitative estimate of drug-likeness (QED) is 0.753. The van der Waals surface area contributed by atoms with Gasteiger partial charge in [0.25, 0.3) is 5.91 Å². The molecule has 0 saturated carbocycles. The van der Waals surface area contributed by atoms with Crippen LogP contribution >= 0.6 is 0 Å². The normalized spacial score (nSPS) is 10.1. The van der Waals surface area contributed by atoms with Gasteiger partial charge in [0.1, 0.15) is 0 Å². The summed E-state index contributed by atoms with van der Waals surface area (Å²) in [5.41, 5.74) is 6.25. The highest BCUT2D eigenvalue weighted by Gasteiger charge is 2.09. The number of nitrogens with zero attached hydrogens (tertiary/aromatic N) is 4. The predicted molar refractivity (Wildman–Crippen MR) is 61.0 cm³/mol. The topological polar surface area (TPSA) is 98.7 Å². The number of anilines is 1. The summed E-state index contributed by atoms with van der Waals surface area (Å²) in [6.07, 6.45) is 4.84. The van der Waals surface area contributed by atoms with Gasteiger partial charge in [-0.05, 0) is 12.1 Å². The number of amides is 1. The van der Waals surface area contributed by atoms with Crippen LogP contribution in [0.2, 0.25) is 0 Å². The average molecular weight is 232 g/mol. The van der Waals surface area contributed by atoms with Gasteiger partial charge in [-0.25, -0.2) is 4.98 Å². The number of rotatable bonds is 4. The minimum absolute atomic E-state index is 0.242. The van der Waals surface area contributed by atoms with Crippen LogP contribution in [0.4, 0.5) is 5.69 Å². The van der Waals surface area contributed by atoms with Gasteiger partial charge >= 0.3 is 0 Å². The predicted octanol–water partition coefficient (Wildman–Crippen LogP) is -0.315. The maximum Gasteiger partial charge on any atom is 0.272 e. The first-order valence-corrected chi connectivity index (χ1v) is 5.10. The van der Waals surface area contributed by atoms with Gasteiger partial charge in [-0.15, -0.1) is 5.10 Å². The molecule has 2 aromatic heterocycles. The Balaban J connectivity index is 1.88. The van der Waals surface area contributed by atoms with Crippen LogP contribution in [0.1, 0.15) is 10.5 Å². The van der Waals surface area contributed by atoms with Crippen LogP contribution < -0.4 is 11.1 Å². The molecule has 0 atom stereocenters. The Morgan fingerprint density at radius 1 is 1.47 bits per heavy atom. The fourth-order valence-corrected chi connectivity index (χ4v) is 1.33. The minimum Gasteiger partial charge on any atom is -0.397 e. The molecule has 0 aliphatic rings. The third kappa shape index (κ3) is 2.77. The minimum atomic E-state index is -0.289. The Morgan fingerprint density at radius 3 is 3.06 bits per heavy atom. The van der Waals surface area contributed by atoms with E-state index in [9.17, 15) is 4.79 Å². The Kier molecular flexibility index (Phi) is 3.29. The summed E-state index contributed by atoms with van der Waals surface area (Å²) in [5, 5.41) is 10.1. The average Bonchev–Trinajstić information content (AvgIpc) is 2.82. The maximum absolute atomic E-state index is 11.7. The first-order valence-electron chi connectivity index (χ1n) is 5.10. The van der Waals surface area contributed by atoms with Crippen LogP contribution in [0, 0.1) is 0 Å². The molecule has 0 radical (unpaired) electrons. The molecule has 17 heavy (non-hydrogen) atoms. The molecule has 1 amide bonds. The second-order valence-corrected chi connectivity index (χ2v) is 3.36. The molecule has 7 nitrogen and oxygen atoms in total. The number of aromatic nitrogens is 4. The monoisotopic (exact) mass is 232 g/mol. The summed E-state index contributed by atoms with van der Waals surface area (Å²) in [6.45, 7) is 0.997. The highest BCUT2D eigenvalue weighted by molar-refractivity contribution is 5.96. The van der Waals surface area contributed by atoms with Crippen molar-refractivity contribution in [3.05, 3.63) is 36.4 Å². The molecule has 0 aromatic carbocycles. The van der Waals surface area contributed by atoms with Crippen molar-refractivity contribution in [2.24, 2.45) is 0 Å². The molecule has 88 valence electrons. The van der Waals surface area contributed by atoms with Crippen LogP contribution in [0.25, 0.3) is 0 Å². The van der Waals surface area contributed by atoms with E-state index in [-0.39, 0.29) is 11.6 Å². The van der Waals surface area contributed by atoms with Crippen molar-refractivity contribution >= 4 is 11.6 Å². The lowest BCUT2D eigenvalue weighted by molar-refractivity contribution is 0.0948. The first kappa shape index (κ1) is 11.1. The molecular weight excluding hydrogens is 220 g/mol. The van der Waals surface area contributed by atoms with E-state index in [4.69, 9.17) is 5.73 Å². The summed E-state index contributed by atoms with van der Waals surface area (Å²) in [6, 6.07) is 3.32. The molecule has 0 fully saturated rings. The molecule has 3 N–H and O–H groups in total. The molecular formula is C10H12N6O. The van der Waals surface area contributed by atoms with Crippen LogP contribution in [0.15, 0.2) is 30.7 Å². The van der Waals surface area contributed by atoms with Gasteiger partial charge in [0.15, 0.2) is 5.69 Å². The number of nitrogen functional groups attached to an aromatic ring is 1. The number of nitrogens with two attached hydrogens (primary N) is 1. The van der Waals surface area contributed by atoms with Gasteiger partial charge in [-0.2, -0.15) is 0 Å². The zero-order valence-corrected chi connectivity index (χ0v) is 9.08. The van der Waals surface area contributed by atoms with E-state index < -0.39 is 0 Å². The van der Waals surface area contributed by atoms with Crippen molar-refractivity contribution in [2.75, 3.05) is 12.3 Å². The van der Waals surface area contributed by atoms with Crippen LogP contribution in [0.5, 0.6) is 0 Å². The summed E-state index contributed by atoms with van der Waals surface area (Å²) in [4.78, 5) is 15.6. The highest BCUT2D eigenvalue weighted by Crippen LogP contribution is 2.05. The van der Waals surface area contributed by atoms with Crippen molar-refractivity contribution in [1.82, 2.24) is 25.3 Å². The summed E-state index contributed by atoms with van der Waals surface area (Å²) >= 11 is 0. The smallest absolute Gasteiger partial charge is 0.272 e. The second-order valence-electron chi connectivity index (χ2n) is 3.36. The summed E-state index contributed by atoms with van der Waals surface area (Å²) in [5.74, 6) is -0.289. The Bertz CT molecular complexity index is 495. The van der Waals surface area contributed by atoms with Crippen molar-refractivity contribution in [1.29, 1.82) is 0 Å². The molecule has 0 spiro atoms.